The Morgan fingerprint density at radius 2 is 2.04 bits per heavy atom. The molecule has 0 saturated carbocycles. The van der Waals surface area contributed by atoms with Crippen LogP contribution in [0.25, 0.3) is 22.4 Å². The second kappa shape index (κ2) is 7.73. The highest BCUT2D eigenvalue weighted by atomic mass is 79.9. The molecule has 2 aromatic carbocycles. The van der Waals surface area contributed by atoms with Crippen molar-refractivity contribution < 1.29 is 9.47 Å². The van der Waals surface area contributed by atoms with E-state index in [1.165, 1.54) is 15.9 Å². The first kappa shape index (κ1) is 18.6. The van der Waals surface area contributed by atoms with Crippen molar-refractivity contribution in [3.05, 3.63) is 67.4 Å². The summed E-state index contributed by atoms with van der Waals surface area (Å²) in [5.41, 5.74) is 1.49. The molecule has 0 aliphatic rings. The fraction of sp³-hybridized carbons (Fsp3) is 0.150. The van der Waals surface area contributed by atoms with Crippen LogP contribution in [0.3, 0.4) is 0 Å². The van der Waals surface area contributed by atoms with Crippen molar-refractivity contribution in [2.24, 2.45) is 0 Å². The lowest BCUT2D eigenvalue weighted by atomic mass is 10.2. The minimum atomic E-state index is -0.196. The van der Waals surface area contributed by atoms with Gasteiger partial charge in [-0.05, 0) is 42.8 Å². The summed E-state index contributed by atoms with van der Waals surface area (Å²) in [7, 11) is 1.59. The fourth-order valence-electron chi connectivity index (χ4n) is 2.79. The van der Waals surface area contributed by atoms with Crippen LogP contribution in [0, 0.1) is 0 Å². The molecule has 0 unspecified atom stereocenters. The number of rotatable bonds is 5. The minimum absolute atomic E-state index is 0.196. The Morgan fingerprint density at radius 1 is 1.21 bits per heavy atom. The van der Waals surface area contributed by atoms with Gasteiger partial charge in [0.05, 0.1) is 18.2 Å². The maximum absolute atomic E-state index is 12.8. The number of hydrogen-bond acceptors (Lipinski definition) is 6. The number of fused-ring (bicyclic) bond motifs is 1. The van der Waals surface area contributed by atoms with Crippen LogP contribution in [0.5, 0.6) is 11.5 Å². The summed E-state index contributed by atoms with van der Waals surface area (Å²) in [6.45, 7) is 2.47. The highest BCUT2D eigenvalue weighted by Gasteiger charge is 2.14. The van der Waals surface area contributed by atoms with E-state index in [-0.39, 0.29) is 5.56 Å². The van der Waals surface area contributed by atoms with Crippen LogP contribution in [-0.4, -0.2) is 28.3 Å². The summed E-state index contributed by atoms with van der Waals surface area (Å²) in [6.07, 6.45) is 1.81. The lowest BCUT2D eigenvalue weighted by molar-refractivity contribution is 0.311. The maximum atomic E-state index is 12.8. The van der Waals surface area contributed by atoms with Crippen molar-refractivity contribution in [3.8, 4) is 22.9 Å². The number of methoxy groups -OCH3 is 1. The van der Waals surface area contributed by atoms with Crippen LogP contribution < -0.4 is 19.6 Å². The molecule has 142 valence electrons. The molecule has 0 amide bonds. The third-order valence-electron chi connectivity index (χ3n) is 4.08. The van der Waals surface area contributed by atoms with Crippen molar-refractivity contribution in [3.63, 3.8) is 0 Å². The first-order valence-electron chi connectivity index (χ1n) is 8.57. The zero-order valence-electron chi connectivity index (χ0n) is 15.2. The van der Waals surface area contributed by atoms with Crippen molar-refractivity contribution >= 4 is 38.3 Å². The summed E-state index contributed by atoms with van der Waals surface area (Å²) >= 11 is 4.80. The second-order valence-corrected chi connectivity index (χ2v) is 7.73. The number of benzene rings is 2. The van der Waals surface area contributed by atoms with Crippen LogP contribution in [-0.2, 0) is 0 Å². The Hall–Kier alpha value is -2.71. The highest BCUT2D eigenvalue weighted by molar-refractivity contribution is 9.10. The predicted molar refractivity (Wildman–Crippen MR) is 113 cm³/mol. The predicted octanol–water partition coefficient (Wildman–Crippen LogP) is 3.54. The molecular formula is C20H16BrN3O3S. The number of aromatic nitrogens is 3. The number of hydrogen-bond donors (Lipinski definition) is 0. The van der Waals surface area contributed by atoms with Gasteiger partial charge in [-0.2, -0.15) is 9.50 Å². The summed E-state index contributed by atoms with van der Waals surface area (Å²) in [6, 6.07) is 13.2. The van der Waals surface area contributed by atoms with E-state index in [0.29, 0.717) is 33.4 Å². The van der Waals surface area contributed by atoms with Crippen LogP contribution in [0.4, 0.5) is 0 Å². The van der Waals surface area contributed by atoms with Gasteiger partial charge in [-0.3, -0.25) is 4.79 Å². The fourth-order valence-corrected chi connectivity index (χ4v) is 4.16. The van der Waals surface area contributed by atoms with Crippen molar-refractivity contribution in [1.82, 2.24) is 14.6 Å². The number of ether oxygens (including phenoxy) is 2. The normalized spacial score (nSPS) is 11.9. The van der Waals surface area contributed by atoms with E-state index < -0.39 is 0 Å². The first-order valence-corrected chi connectivity index (χ1v) is 10.2. The lowest BCUT2D eigenvalue weighted by Gasteiger charge is -2.09. The maximum Gasteiger partial charge on any atom is 0.291 e. The summed E-state index contributed by atoms with van der Waals surface area (Å²) in [5, 5.41) is 4.39. The zero-order chi connectivity index (χ0) is 19.7. The van der Waals surface area contributed by atoms with Crippen LogP contribution in [0.15, 0.2) is 51.7 Å². The van der Waals surface area contributed by atoms with Crippen molar-refractivity contribution in [1.29, 1.82) is 0 Å². The van der Waals surface area contributed by atoms with Crippen LogP contribution in [0.2, 0.25) is 0 Å². The Balaban J connectivity index is 1.76. The molecule has 4 aromatic rings. The molecule has 0 atom stereocenters. The molecule has 8 heteroatoms. The first-order chi connectivity index (χ1) is 13.6. The third kappa shape index (κ3) is 3.41. The van der Waals surface area contributed by atoms with Crippen LogP contribution in [0.1, 0.15) is 12.5 Å². The topological polar surface area (TPSA) is 65.7 Å². The summed E-state index contributed by atoms with van der Waals surface area (Å²) in [5.74, 6) is 1.81. The number of halogens is 1. The molecule has 28 heavy (non-hydrogen) atoms. The molecule has 0 aliphatic heterocycles. The molecule has 0 N–H and O–H groups in total. The Bertz CT molecular complexity index is 1270. The molecule has 0 fully saturated rings. The average Bonchev–Trinajstić information content (AvgIpc) is 3.23. The van der Waals surface area contributed by atoms with Gasteiger partial charge in [0.15, 0.2) is 17.3 Å². The molecule has 0 spiro atoms. The molecule has 0 bridgehead atoms. The Kier molecular flexibility index (Phi) is 5.15. The molecule has 2 heterocycles. The molecule has 2 aromatic heterocycles. The van der Waals surface area contributed by atoms with Gasteiger partial charge >= 0.3 is 0 Å². The van der Waals surface area contributed by atoms with E-state index in [1.54, 1.807) is 13.2 Å². The Labute approximate surface area is 173 Å². The highest BCUT2D eigenvalue weighted by Crippen LogP contribution is 2.28. The van der Waals surface area contributed by atoms with Crippen LogP contribution >= 0.6 is 27.3 Å². The number of thiazole rings is 1. The molecular weight excluding hydrogens is 442 g/mol. The molecule has 6 nitrogen and oxygen atoms in total. The van der Waals surface area contributed by atoms with Gasteiger partial charge in [-0.25, -0.2) is 0 Å². The SMILES string of the molecule is CCOc1ccc(/C=c2\sc3nc(-c4ccccc4Br)nn3c2=O)cc1OC. The monoisotopic (exact) mass is 457 g/mol. The Morgan fingerprint density at radius 3 is 2.75 bits per heavy atom. The average molecular weight is 458 g/mol. The van der Waals surface area contributed by atoms with E-state index in [2.05, 4.69) is 26.0 Å². The van der Waals surface area contributed by atoms with Gasteiger partial charge in [0.1, 0.15) is 0 Å². The van der Waals surface area contributed by atoms with Gasteiger partial charge in [-0.15, -0.1) is 5.10 Å². The third-order valence-corrected chi connectivity index (χ3v) is 5.73. The van der Waals surface area contributed by atoms with E-state index in [9.17, 15) is 4.79 Å². The summed E-state index contributed by atoms with van der Waals surface area (Å²) < 4.78 is 13.7. The molecule has 0 aliphatic carbocycles. The molecule has 4 rings (SSSR count). The van der Waals surface area contributed by atoms with Gasteiger partial charge in [0.25, 0.3) is 5.56 Å². The minimum Gasteiger partial charge on any atom is -0.493 e. The molecule has 0 radical (unpaired) electrons. The standard InChI is InChI=1S/C20H16BrN3O3S/c1-3-27-15-9-8-12(10-16(15)26-2)11-17-19(25)24-20(28-17)22-18(23-24)13-6-4-5-7-14(13)21/h4-11H,3H2,1-2H3/b17-11-. The zero-order valence-corrected chi connectivity index (χ0v) is 17.6. The number of nitrogens with zero attached hydrogens (tertiary/aromatic N) is 3. The van der Waals surface area contributed by atoms with E-state index >= 15 is 0 Å². The summed E-state index contributed by atoms with van der Waals surface area (Å²) in [4.78, 5) is 17.8. The van der Waals surface area contributed by atoms with Crippen molar-refractivity contribution in [2.75, 3.05) is 13.7 Å². The lowest BCUT2D eigenvalue weighted by Crippen LogP contribution is -2.23. The van der Waals surface area contributed by atoms with E-state index in [0.717, 1.165) is 15.6 Å². The second-order valence-electron chi connectivity index (χ2n) is 5.87. The van der Waals surface area contributed by atoms with E-state index in [4.69, 9.17) is 9.47 Å². The smallest absolute Gasteiger partial charge is 0.291 e. The van der Waals surface area contributed by atoms with E-state index in [1.807, 2.05) is 49.4 Å². The van der Waals surface area contributed by atoms with Crippen molar-refractivity contribution in [2.45, 2.75) is 6.92 Å². The van der Waals surface area contributed by atoms with Gasteiger partial charge in [0, 0.05) is 10.0 Å². The van der Waals surface area contributed by atoms with Gasteiger partial charge < -0.3 is 9.47 Å². The largest absolute Gasteiger partial charge is 0.493 e. The molecule has 0 saturated heterocycles. The van der Waals surface area contributed by atoms with Gasteiger partial charge in [-0.1, -0.05) is 45.5 Å². The van der Waals surface area contributed by atoms with Gasteiger partial charge in [0.2, 0.25) is 4.96 Å². The quantitative estimate of drug-likeness (QED) is 0.458.